The molecule has 0 saturated carbocycles. The van der Waals surface area contributed by atoms with E-state index in [0.29, 0.717) is 11.3 Å². The Hall–Kier alpha value is -2.87. The first-order chi connectivity index (χ1) is 10.0. The van der Waals surface area contributed by atoms with E-state index in [1.54, 1.807) is 13.0 Å². The average Bonchev–Trinajstić information content (AvgIpc) is 2.47. The van der Waals surface area contributed by atoms with Crippen molar-refractivity contribution in [2.45, 2.75) is 6.92 Å². The Kier molecular flexibility index (Phi) is 4.19. The van der Waals surface area contributed by atoms with Crippen LogP contribution in [-0.2, 0) is 0 Å². The Balaban J connectivity index is 2.30. The van der Waals surface area contributed by atoms with Gasteiger partial charge in [-0.2, -0.15) is 10.4 Å². The van der Waals surface area contributed by atoms with Crippen molar-refractivity contribution in [3.05, 3.63) is 57.0 Å². The smallest absolute Gasteiger partial charge is 0.282 e. The van der Waals surface area contributed by atoms with Gasteiger partial charge in [0.1, 0.15) is 11.6 Å². The Bertz CT molecular complexity index is 764. The summed E-state index contributed by atoms with van der Waals surface area (Å²) in [6.45, 7) is 1.72. The molecule has 0 aliphatic rings. The molecule has 0 aliphatic carbocycles. The monoisotopic (exact) mass is 280 g/mol. The third kappa shape index (κ3) is 3.18. The average molecular weight is 280 g/mol. The molecule has 0 atom stereocenters. The van der Waals surface area contributed by atoms with Gasteiger partial charge >= 0.3 is 0 Å². The lowest BCUT2D eigenvalue weighted by molar-refractivity contribution is 0.952. The maximum atomic E-state index is 11.4. The lowest BCUT2D eigenvalue weighted by atomic mass is 10.1. The molecule has 21 heavy (non-hydrogen) atoms. The van der Waals surface area contributed by atoms with Crippen LogP contribution in [0.2, 0.25) is 0 Å². The molecule has 5 heteroatoms. The zero-order chi connectivity index (χ0) is 15.4. The van der Waals surface area contributed by atoms with Crippen LogP contribution in [0.3, 0.4) is 0 Å². The molecule has 0 amide bonds. The summed E-state index contributed by atoms with van der Waals surface area (Å²) in [4.78, 5) is 13.5. The van der Waals surface area contributed by atoms with E-state index in [0.717, 1.165) is 11.3 Å². The lowest BCUT2D eigenvalue weighted by Crippen LogP contribution is -2.15. The second kappa shape index (κ2) is 6.06. The molecule has 1 aromatic heterocycles. The Morgan fingerprint density at radius 3 is 2.48 bits per heavy atom. The van der Waals surface area contributed by atoms with E-state index in [9.17, 15) is 4.79 Å². The van der Waals surface area contributed by atoms with Crippen molar-refractivity contribution in [1.29, 1.82) is 5.26 Å². The zero-order valence-corrected chi connectivity index (χ0v) is 12.2. The summed E-state index contributed by atoms with van der Waals surface area (Å²) < 4.78 is 0. The second-order valence-corrected chi connectivity index (χ2v) is 4.87. The van der Waals surface area contributed by atoms with Crippen molar-refractivity contribution >= 4 is 17.8 Å². The number of benzene rings is 1. The zero-order valence-electron chi connectivity index (χ0n) is 12.2. The Morgan fingerprint density at radius 2 is 1.90 bits per heavy atom. The predicted octanol–water partition coefficient (Wildman–Crippen LogP) is 2.19. The highest BCUT2D eigenvalue weighted by Crippen LogP contribution is 2.15. The summed E-state index contributed by atoms with van der Waals surface area (Å²) in [5, 5.41) is 15.3. The minimum Gasteiger partial charge on any atom is -0.378 e. The largest absolute Gasteiger partial charge is 0.378 e. The highest BCUT2D eigenvalue weighted by atomic mass is 16.1. The highest BCUT2D eigenvalue weighted by Gasteiger charge is 2.07. The Labute approximate surface area is 123 Å². The fraction of sp³-hybridized carbons (Fsp3) is 0.188. The van der Waals surface area contributed by atoms with E-state index >= 15 is 0 Å². The molecule has 0 bridgehead atoms. The maximum Gasteiger partial charge on any atom is 0.282 e. The SMILES string of the molecule is Cc1c(/C=C/c2ccc(N(C)C)cc2)n[nH]c(=O)c1C#N. The van der Waals surface area contributed by atoms with Crippen molar-refractivity contribution in [2.75, 3.05) is 19.0 Å². The summed E-state index contributed by atoms with van der Waals surface area (Å²) in [7, 11) is 3.98. The van der Waals surface area contributed by atoms with E-state index in [4.69, 9.17) is 5.26 Å². The molecule has 0 unspecified atom stereocenters. The Morgan fingerprint density at radius 1 is 1.24 bits per heavy atom. The van der Waals surface area contributed by atoms with Crippen LogP contribution in [0.15, 0.2) is 29.1 Å². The lowest BCUT2D eigenvalue weighted by Gasteiger charge is -2.11. The van der Waals surface area contributed by atoms with Crippen LogP contribution >= 0.6 is 0 Å². The number of anilines is 1. The molecule has 0 radical (unpaired) electrons. The number of nitrogens with zero attached hydrogens (tertiary/aromatic N) is 3. The van der Waals surface area contributed by atoms with E-state index in [1.165, 1.54) is 0 Å². The standard InChI is InChI=1S/C16H16N4O/c1-11-14(10-17)16(21)19-18-15(11)9-6-12-4-7-13(8-5-12)20(2)3/h4-9H,1-3H3,(H,19,21)/b9-6+. The van der Waals surface area contributed by atoms with Gasteiger partial charge in [-0.05, 0) is 36.3 Å². The van der Waals surface area contributed by atoms with Crippen molar-refractivity contribution in [2.24, 2.45) is 0 Å². The number of rotatable bonds is 3. The molecular formula is C16H16N4O. The first-order valence-electron chi connectivity index (χ1n) is 6.48. The summed E-state index contributed by atoms with van der Waals surface area (Å²) >= 11 is 0. The molecule has 0 aliphatic heterocycles. The van der Waals surface area contributed by atoms with Crippen LogP contribution in [0.5, 0.6) is 0 Å². The van der Waals surface area contributed by atoms with Gasteiger partial charge < -0.3 is 4.90 Å². The van der Waals surface area contributed by atoms with Gasteiger partial charge in [0.25, 0.3) is 5.56 Å². The third-order valence-corrected chi connectivity index (χ3v) is 3.22. The van der Waals surface area contributed by atoms with Crippen LogP contribution in [0.1, 0.15) is 22.4 Å². The first kappa shape index (κ1) is 14.5. The van der Waals surface area contributed by atoms with Gasteiger partial charge in [-0.3, -0.25) is 4.79 Å². The normalized spacial score (nSPS) is 10.6. The van der Waals surface area contributed by atoms with Crippen LogP contribution in [-0.4, -0.2) is 24.3 Å². The van der Waals surface area contributed by atoms with Crippen LogP contribution in [0.4, 0.5) is 5.69 Å². The minimum atomic E-state index is -0.456. The number of nitriles is 1. The summed E-state index contributed by atoms with van der Waals surface area (Å²) in [5.74, 6) is 0. The number of nitrogens with one attached hydrogen (secondary N) is 1. The molecule has 0 saturated heterocycles. The minimum absolute atomic E-state index is 0.104. The number of hydrogen-bond acceptors (Lipinski definition) is 4. The summed E-state index contributed by atoms with van der Waals surface area (Å²) in [6, 6.07) is 9.94. The van der Waals surface area contributed by atoms with Crippen LogP contribution in [0.25, 0.3) is 12.2 Å². The summed E-state index contributed by atoms with van der Waals surface area (Å²) in [6.07, 6.45) is 3.69. The quantitative estimate of drug-likeness (QED) is 0.935. The van der Waals surface area contributed by atoms with E-state index < -0.39 is 5.56 Å². The van der Waals surface area contributed by atoms with Gasteiger partial charge in [-0.25, -0.2) is 5.10 Å². The van der Waals surface area contributed by atoms with Crippen molar-refractivity contribution in [3.8, 4) is 6.07 Å². The van der Waals surface area contributed by atoms with Gasteiger partial charge in [0.15, 0.2) is 0 Å². The van der Waals surface area contributed by atoms with Crippen molar-refractivity contribution in [3.63, 3.8) is 0 Å². The van der Waals surface area contributed by atoms with E-state index in [2.05, 4.69) is 10.2 Å². The van der Waals surface area contributed by atoms with Gasteiger partial charge in [0.2, 0.25) is 0 Å². The maximum absolute atomic E-state index is 11.4. The number of hydrogen-bond donors (Lipinski definition) is 1. The molecule has 5 nitrogen and oxygen atoms in total. The molecule has 1 heterocycles. The van der Waals surface area contributed by atoms with E-state index in [-0.39, 0.29) is 5.56 Å². The van der Waals surface area contributed by atoms with Crippen molar-refractivity contribution < 1.29 is 0 Å². The molecule has 106 valence electrons. The van der Waals surface area contributed by atoms with Gasteiger partial charge in [0.05, 0.1) is 5.69 Å². The van der Waals surface area contributed by atoms with E-state index in [1.807, 2.05) is 55.4 Å². The molecule has 1 aromatic carbocycles. The number of aromatic amines is 1. The summed E-state index contributed by atoms with van der Waals surface area (Å²) in [5.41, 5.74) is 2.96. The van der Waals surface area contributed by atoms with Crippen LogP contribution < -0.4 is 10.5 Å². The fourth-order valence-electron chi connectivity index (χ4n) is 1.90. The predicted molar refractivity (Wildman–Crippen MR) is 84.0 cm³/mol. The fourth-order valence-corrected chi connectivity index (χ4v) is 1.90. The molecule has 1 N–H and O–H groups in total. The topological polar surface area (TPSA) is 72.8 Å². The van der Waals surface area contributed by atoms with Gasteiger partial charge in [-0.1, -0.05) is 18.2 Å². The van der Waals surface area contributed by atoms with Crippen molar-refractivity contribution in [1.82, 2.24) is 10.2 Å². The second-order valence-electron chi connectivity index (χ2n) is 4.87. The molecule has 2 aromatic rings. The van der Waals surface area contributed by atoms with Gasteiger partial charge in [0, 0.05) is 19.8 Å². The molecule has 0 fully saturated rings. The highest BCUT2D eigenvalue weighted by molar-refractivity contribution is 5.70. The molecular weight excluding hydrogens is 264 g/mol. The molecule has 2 rings (SSSR count). The number of H-pyrrole nitrogens is 1. The van der Waals surface area contributed by atoms with Crippen LogP contribution in [0, 0.1) is 18.3 Å². The molecule has 0 spiro atoms. The first-order valence-corrected chi connectivity index (χ1v) is 6.48. The number of aromatic nitrogens is 2. The van der Waals surface area contributed by atoms with Gasteiger partial charge in [-0.15, -0.1) is 0 Å². The third-order valence-electron chi connectivity index (χ3n) is 3.22.